The summed E-state index contributed by atoms with van der Waals surface area (Å²) in [6.07, 6.45) is 7.46. The van der Waals surface area contributed by atoms with Crippen LogP contribution in [0.4, 0.5) is 17.5 Å². The zero-order valence-electron chi connectivity index (χ0n) is 16.1. The number of nitrogens with one attached hydrogen (secondary N) is 2. The van der Waals surface area contributed by atoms with Gasteiger partial charge in [-0.05, 0) is 37.8 Å². The third-order valence-electron chi connectivity index (χ3n) is 4.63. The summed E-state index contributed by atoms with van der Waals surface area (Å²) in [6.45, 7) is 5.90. The molecule has 1 saturated heterocycles. The molecule has 0 bridgehead atoms. The highest BCUT2D eigenvalue weighted by molar-refractivity contribution is 5.68. The molecule has 8 nitrogen and oxygen atoms in total. The maximum Gasteiger partial charge on any atom is 0.156 e. The third kappa shape index (κ3) is 4.52. The fourth-order valence-electron chi connectivity index (χ4n) is 3.05. The van der Waals surface area contributed by atoms with Crippen LogP contribution in [0.1, 0.15) is 17.1 Å². The Bertz CT molecular complexity index is 942. The number of aromatic nitrogens is 5. The van der Waals surface area contributed by atoms with Gasteiger partial charge in [0.2, 0.25) is 0 Å². The molecule has 3 aromatic rings. The maximum atomic E-state index is 4.76. The van der Waals surface area contributed by atoms with Crippen LogP contribution < -0.4 is 10.2 Å². The second-order valence-electron chi connectivity index (χ2n) is 6.94. The molecule has 4 heterocycles. The average molecular weight is 376 g/mol. The van der Waals surface area contributed by atoms with Crippen molar-refractivity contribution in [3.05, 3.63) is 53.7 Å². The van der Waals surface area contributed by atoms with Crippen LogP contribution in [-0.4, -0.2) is 63.3 Å². The van der Waals surface area contributed by atoms with Gasteiger partial charge in [-0.15, -0.1) is 0 Å². The smallest absolute Gasteiger partial charge is 0.156 e. The van der Waals surface area contributed by atoms with E-state index in [1.165, 1.54) is 0 Å². The Kier molecular flexibility index (Phi) is 5.29. The van der Waals surface area contributed by atoms with Crippen molar-refractivity contribution in [2.75, 3.05) is 43.4 Å². The van der Waals surface area contributed by atoms with E-state index < -0.39 is 0 Å². The van der Waals surface area contributed by atoms with Crippen molar-refractivity contribution >= 4 is 29.6 Å². The number of H-pyrrole nitrogens is 1. The van der Waals surface area contributed by atoms with Gasteiger partial charge >= 0.3 is 0 Å². The molecule has 4 rings (SSSR count). The zero-order valence-corrected chi connectivity index (χ0v) is 16.1. The first-order valence-corrected chi connectivity index (χ1v) is 9.35. The van der Waals surface area contributed by atoms with E-state index in [4.69, 9.17) is 4.98 Å². The molecule has 0 atom stereocenters. The van der Waals surface area contributed by atoms with Gasteiger partial charge in [0.25, 0.3) is 0 Å². The monoisotopic (exact) mass is 376 g/mol. The Balaban J connectivity index is 1.62. The summed E-state index contributed by atoms with van der Waals surface area (Å²) < 4.78 is 0. The van der Waals surface area contributed by atoms with Crippen LogP contribution in [0.25, 0.3) is 12.2 Å². The molecule has 0 spiro atoms. The number of pyridine rings is 1. The van der Waals surface area contributed by atoms with Crippen molar-refractivity contribution < 1.29 is 0 Å². The molecule has 144 valence electrons. The van der Waals surface area contributed by atoms with E-state index in [0.717, 1.165) is 54.9 Å². The molecule has 0 radical (unpaired) electrons. The lowest BCUT2D eigenvalue weighted by Crippen LogP contribution is -2.44. The number of rotatable bonds is 5. The lowest BCUT2D eigenvalue weighted by molar-refractivity contribution is 0.312. The minimum Gasteiger partial charge on any atom is -0.354 e. The maximum absolute atomic E-state index is 4.76. The van der Waals surface area contributed by atoms with Crippen molar-refractivity contribution in [3.63, 3.8) is 0 Å². The molecule has 0 unspecified atom stereocenters. The lowest BCUT2D eigenvalue weighted by atomic mass is 10.2. The van der Waals surface area contributed by atoms with E-state index in [0.29, 0.717) is 5.82 Å². The molecular weight excluding hydrogens is 352 g/mol. The van der Waals surface area contributed by atoms with Crippen LogP contribution >= 0.6 is 0 Å². The average Bonchev–Trinajstić information content (AvgIpc) is 3.12. The van der Waals surface area contributed by atoms with Gasteiger partial charge in [0.15, 0.2) is 11.6 Å². The van der Waals surface area contributed by atoms with E-state index >= 15 is 0 Å². The Hall–Kier alpha value is -3.26. The third-order valence-corrected chi connectivity index (χ3v) is 4.63. The molecule has 0 amide bonds. The van der Waals surface area contributed by atoms with Crippen LogP contribution in [0.5, 0.6) is 0 Å². The van der Waals surface area contributed by atoms with Gasteiger partial charge in [0.1, 0.15) is 11.6 Å². The SMILES string of the molecule is Cc1cc(Nc2cc(N3CCN(C)CC3)nc(C=Cc3cccnc3)n2)n[nH]1. The molecule has 2 N–H and O–H groups in total. The predicted octanol–water partition coefficient (Wildman–Crippen LogP) is 2.57. The van der Waals surface area contributed by atoms with Crippen molar-refractivity contribution in [1.82, 2.24) is 30.0 Å². The summed E-state index contributed by atoms with van der Waals surface area (Å²) in [4.78, 5) is 18.2. The van der Waals surface area contributed by atoms with Gasteiger partial charge in [0.05, 0.1) is 0 Å². The number of hydrogen-bond donors (Lipinski definition) is 2. The molecule has 1 aliphatic rings. The van der Waals surface area contributed by atoms with E-state index in [-0.39, 0.29) is 0 Å². The molecule has 3 aromatic heterocycles. The van der Waals surface area contributed by atoms with Crippen LogP contribution in [0, 0.1) is 6.92 Å². The van der Waals surface area contributed by atoms with Crippen molar-refractivity contribution in [2.45, 2.75) is 6.92 Å². The Morgan fingerprint density at radius 2 is 1.93 bits per heavy atom. The summed E-state index contributed by atoms with van der Waals surface area (Å²) >= 11 is 0. The molecule has 1 aliphatic heterocycles. The first-order valence-electron chi connectivity index (χ1n) is 9.35. The Labute approximate surface area is 164 Å². The summed E-state index contributed by atoms with van der Waals surface area (Å²) in [5.41, 5.74) is 2.00. The second-order valence-corrected chi connectivity index (χ2v) is 6.94. The van der Waals surface area contributed by atoms with E-state index in [1.807, 2.05) is 49.5 Å². The molecular formula is C20H24N8. The van der Waals surface area contributed by atoms with E-state index in [9.17, 15) is 0 Å². The fourth-order valence-corrected chi connectivity index (χ4v) is 3.05. The Morgan fingerprint density at radius 3 is 2.64 bits per heavy atom. The largest absolute Gasteiger partial charge is 0.354 e. The number of aromatic amines is 1. The number of likely N-dealkylation sites (N-methyl/N-ethyl adjacent to an activating group) is 1. The normalized spacial score (nSPS) is 15.3. The second kappa shape index (κ2) is 8.18. The van der Waals surface area contributed by atoms with Crippen LogP contribution in [0.3, 0.4) is 0 Å². The van der Waals surface area contributed by atoms with Crippen LogP contribution in [0.2, 0.25) is 0 Å². The Morgan fingerprint density at radius 1 is 1.07 bits per heavy atom. The van der Waals surface area contributed by atoms with Gasteiger partial charge in [-0.3, -0.25) is 10.1 Å². The summed E-state index contributed by atoms with van der Waals surface area (Å²) in [7, 11) is 2.15. The number of aryl methyl sites for hydroxylation is 1. The van der Waals surface area contributed by atoms with Gasteiger partial charge in [-0.1, -0.05) is 6.07 Å². The highest BCUT2D eigenvalue weighted by atomic mass is 15.3. The molecule has 28 heavy (non-hydrogen) atoms. The van der Waals surface area contributed by atoms with E-state index in [2.05, 4.69) is 42.3 Å². The molecule has 0 aromatic carbocycles. The molecule has 1 fully saturated rings. The van der Waals surface area contributed by atoms with Gasteiger partial charge in [-0.25, -0.2) is 9.97 Å². The highest BCUT2D eigenvalue weighted by Crippen LogP contribution is 2.21. The molecule has 0 aliphatic carbocycles. The summed E-state index contributed by atoms with van der Waals surface area (Å²) in [6, 6.07) is 7.84. The van der Waals surface area contributed by atoms with E-state index in [1.54, 1.807) is 6.20 Å². The number of piperazine rings is 1. The summed E-state index contributed by atoms with van der Waals surface area (Å²) in [5, 5.41) is 10.5. The van der Waals surface area contributed by atoms with Crippen LogP contribution in [-0.2, 0) is 0 Å². The minimum absolute atomic E-state index is 0.648. The lowest BCUT2D eigenvalue weighted by Gasteiger charge is -2.33. The number of nitrogens with zero attached hydrogens (tertiary/aromatic N) is 6. The number of anilines is 3. The van der Waals surface area contributed by atoms with Crippen molar-refractivity contribution in [1.29, 1.82) is 0 Å². The highest BCUT2D eigenvalue weighted by Gasteiger charge is 2.17. The van der Waals surface area contributed by atoms with Crippen molar-refractivity contribution in [3.8, 4) is 0 Å². The molecule has 8 heteroatoms. The summed E-state index contributed by atoms with van der Waals surface area (Å²) in [5.74, 6) is 3.03. The van der Waals surface area contributed by atoms with Gasteiger partial charge < -0.3 is 15.1 Å². The standard InChI is InChI=1S/C20H24N8/c1-15-12-19(26-25-15)23-18-13-20(28-10-8-27(2)9-11-28)24-17(22-18)6-5-16-4-3-7-21-14-16/h3-7,12-14H,8-11H2,1-2H3,(H2,22,23,24,25,26). The fraction of sp³-hybridized carbons (Fsp3) is 0.300. The number of hydrogen-bond acceptors (Lipinski definition) is 7. The first-order chi connectivity index (χ1) is 13.7. The minimum atomic E-state index is 0.648. The quantitative estimate of drug-likeness (QED) is 0.708. The van der Waals surface area contributed by atoms with Crippen LogP contribution in [0.15, 0.2) is 36.7 Å². The van der Waals surface area contributed by atoms with Crippen molar-refractivity contribution in [2.24, 2.45) is 0 Å². The topological polar surface area (TPSA) is 85.9 Å². The first kappa shape index (κ1) is 18.1. The van der Waals surface area contributed by atoms with Gasteiger partial charge in [-0.2, -0.15) is 5.10 Å². The predicted molar refractivity (Wildman–Crippen MR) is 112 cm³/mol. The zero-order chi connectivity index (χ0) is 19.3. The molecule has 0 saturated carbocycles. The van der Waals surface area contributed by atoms with Gasteiger partial charge in [0, 0.05) is 56.4 Å².